The number of carbonyl (C=O) groups excluding carboxylic acids is 1. The van der Waals surface area contributed by atoms with Crippen molar-refractivity contribution in [2.24, 2.45) is 5.92 Å². The summed E-state index contributed by atoms with van der Waals surface area (Å²) in [6.45, 7) is 2.24. The van der Waals surface area contributed by atoms with Crippen molar-refractivity contribution in [1.82, 2.24) is 15.4 Å². The lowest BCUT2D eigenvalue weighted by atomic mass is 9.93. The summed E-state index contributed by atoms with van der Waals surface area (Å²) in [4.78, 5) is 11.5. The van der Waals surface area contributed by atoms with E-state index < -0.39 is 10.0 Å². The second-order valence-electron chi connectivity index (χ2n) is 4.61. The first-order valence-corrected chi connectivity index (χ1v) is 8.07. The first kappa shape index (κ1) is 15.4. The molecule has 1 rings (SSSR count). The Morgan fingerprint density at radius 2 is 2.00 bits per heavy atom. The first-order valence-electron chi connectivity index (χ1n) is 6.42. The zero-order valence-corrected chi connectivity index (χ0v) is 11.7. The maximum atomic E-state index is 11.5. The fraction of sp³-hybridized carbons (Fsp3) is 0.909. The van der Waals surface area contributed by atoms with Crippen molar-refractivity contribution in [2.45, 2.75) is 25.7 Å². The fourth-order valence-electron chi connectivity index (χ4n) is 2.02. The molecule has 0 aliphatic carbocycles. The van der Waals surface area contributed by atoms with Gasteiger partial charge in [0.1, 0.15) is 0 Å². The van der Waals surface area contributed by atoms with Gasteiger partial charge in [0.15, 0.2) is 0 Å². The van der Waals surface area contributed by atoms with Crippen LogP contribution in [0.25, 0.3) is 0 Å². The summed E-state index contributed by atoms with van der Waals surface area (Å²) in [5.41, 5.74) is 0. The third kappa shape index (κ3) is 6.32. The highest BCUT2D eigenvalue weighted by Gasteiger charge is 2.14. The maximum absolute atomic E-state index is 11.5. The van der Waals surface area contributed by atoms with E-state index in [9.17, 15) is 13.2 Å². The molecule has 0 spiro atoms. The Morgan fingerprint density at radius 1 is 1.33 bits per heavy atom. The number of amides is 1. The van der Waals surface area contributed by atoms with Gasteiger partial charge in [-0.3, -0.25) is 4.79 Å². The van der Waals surface area contributed by atoms with Crippen LogP contribution >= 0.6 is 0 Å². The van der Waals surface area contributed by atoms with Gasteiger partial charge in [-0.05, 0) is 45.3 Å². The number of sulfonamides is 1. The van der Waals surface area contributed by atoms with Crippen molar-refractivity contribution in [1.29, 1.82) is 0 Å². The monoisotopic (exact) mass is 277 g/mol. The van der Waals surface area contributed by atoms with Gasteiger partial charge in [0, 0.05) is 13.0 Å². The number of piperidine rings is 1. The van der Waals surface area contributed by atoms with E-state index in [4.69, 9.17) is 0 Å². The van der Waals surface area contributed by atoms with Crippen LogP contribution in [-0.2, 0) is 14.8 Å². The molecule has 0 radical (unpaired) electrons. The van der Waals surface area contributed by atoms with Crippen molar-refractivity contribution >= 4 is 15.9 Å². The van der Waals surface area contributed by atoms with E-state index in [2.05, 4.69) is 15.4 Å². The minimum atomic E-state index is -3.22. The molecular formula is C11H23N3O3S. The van der Waals surface area contributed by atoms with Crippen LogP contribution in [0.1, 0.15) is 25.7 Å². The van der Waals surface area contributed by atoms with E-state index in [0.717, 1.165) is 32.4 Å². The molecule has 1 aliphatic rings. The van der Waals surface area contributed by atoms with Gasteiger partial charge < -0.3 is 10.6 Å². The molecule has 106 valence electrons. The third-order valence-corrected chi connectivity index (χ3v) is 4.61. The summed E-state index contributed by atoms with van der Waals surface area (Å²) >= 11 is 0. The molecule has 0 saturated carbocycles. The SMILES string of the molecule is CNS(=O)(=O)CCNC(=O)CCC1CCNCC1. The molecular weight excluding hydrogens is 254 g/mol. The van der Waals surface area contributed by atoms with Crippen LogP contribution in [0.3, 0.4) is 0 Å². The topological polar surface area (TPSA) is 87.3 Å². The second kappa shape index (κ2) is 7.70. The highest BCUT2D eigenvalue weighted by molar-refractivity contribution is 7.89. The first-order chi connectivity index (χ1) is 8.53. The minimum absolute atomic E-state index is 0.0557. The summed E-state index contributed by atoms with van der Waals surface area (Å²) in [7, 11) is -1.85. The molecule has 18 heavy (non-hydrogen) atoms. The summed E-state index contributed by atoms with van der Waals surface area (Å²) in [5, 5.41) is 5.92. The summed E-state index contributed by atoms with van der Waals surface area (Å²) in [5.74, 6) is 0.501. The summed E-state index contributed by atoms with van der Waals surface area (Å²) < 4.78 is 24.4. The average molecular weight is 277 g/mol. The van der Waals surface area contributed by atoms with Gasteiger partial charge in [0.05, 0.1) is 5.75 Å². The Balaban J connectivity index is 2.10. The molecule has 0 bridgehead atoms. The zero-order valence-electron chi connectivity index (χ0n) is 10.9. The van der Waals surface area contributed by atoms with Crippen LogP contribution in [0, 0.1) is 5.92 Å². The standard InChI is InChI=1S/C11H23N3O3S/c1-12-18(16,17)9-8-14-11(15)3-2-10-4-6-13-7-5-10/h10,12-13H,2-9H2,1H3,(H,14,15). The van der Waals surface area contributed by atoms with Crippen LogP contribution in [-0.4, -0.2) is 46.8 Å². The van der Waals surface area contributed by atoms with Crippen molar-refractivity contribution in [3.05, 3.63) is 0 Å². The van der Waals surface area contributed by atoms with E-state index in [-0.39, 0.29) is 18.2 Å². The normalized spacial score (nSPS) is 17.6. The van der Waals surface area contributed by atoms with Crippen LogP contribution in [0.4, 0.5) is 0 Å². The van der Waals surface area contributed by atoms with Crippen LogP contribution in [0.5, 0.6) is 0 Å². The fourth-order valence-corrected chi connectivity index (χ4v) is 2.60. The molecule has 0 atom stereocenters. The lowest BCUT2D eigenvalue weighted by Crippen LogP contribution is -2.33. The average Bonchev–Trinajstić information content (AvgIpc) is 2.37. The van der Waals surface area contributed by atoms with Crippen LogP contribution in [0.2, 0.25) is 0 Å². The molecule has 0 aromatic carbocycles. The molecule has 1 fully saturated rings. The minimum Gasteiger partial charge on any atom is -0.355 e. The highest BCUT2D eigenvalue weighted by atomic mass is 32.2. The van der Waals surface area contributed by atoms with Gasteiger partial charge in [-0.1, -0.05) is 0 Å². The number of hydrogen-bond acceptors (Lipinski definition) is 4. The lowest BCUT2D eigenvalue weighted by Gasteiger charge is -2.22. The van der Waals surface area contributed by atoms with Gasteiger partial charge in [-0.2, -0.15) is 0 Å². The molecule has 0 unspecified atom stereocenters. The maximum Gasteiger partial charge on any atom is 0.220 e. The summed E-state index contributed by atoms with van der Waals surface area (Å²) in [6, 6.07) is 0. The van der Waals surface area contributed by atoms with Crippen molar-refractivity contribution in [3.8, 4) is 0 Å². The smallest absolute Gasteiger partial charge is 0.220 e. The largest absolute Gasteiger partial charge is 0.355 e. The third-order valence-electron chi connectivity index (χ3n) is 3.24. The van der Waals surface area contributed by atoms with E-state index in [0.29, 0.717) is 12.3 Å². The van der Waals surface area contributed by atoms with Crippen LogP contribution < -0.4 is 15.4 Å². The Morgan fingerprint density at radius 3 is 2.61 bits per heavy atom. The van der Waals surface area contributed by atoms with Gasteiger partial charge in [0.25, 0.3) is 0 Å². The zero-order chi connectivity index (χ0) is 13.4. The molecule has 1 heterocycles. The highest BCUT2D eigenvalue weighted by Crippen LogP contribution is 2.17. The number of rotatable bonds is 7. The van der Waals surface area contributed by atoms with E-state index >= 15 is 0 Å². The van der Waals surface area contributed by atoms with Gasteiger partial charge in [-0.25, -0.2) is 13.1 Å². The Bertz CT molecular complexity index is 351. The van der Waals surface area contributed by atoms with Gasteiger partial charge in [-0.15, -0.1) is 0 Å². The quantitative estimate of drug-likeness (QED) is 0.582. The predicted molar refractivity (Wildman–Crippen MR) is 70.7 cm³/mol. The van der Waals surface area contributed by atoms with E-state index in [1.165, 1.54) is 7.05 Å². The molecule has 7 heteroatoms. The molecule has 0 aromatic heterocycles. The Labute approximate surface area is 109 Å². The lowest BCUT2D eigenvalue weighted by molar-refractivity contribution is -0.121. The van der Waals surface area contributed by atoms with Crippen LogP contribution in [0.15, 0.2) is 0 Å². The summed E-state index contributed by atoms with van der Waals surface area (Å²) in [6.07, 6.45) is 3.64. The molecule has 0 aromatic rings. The van der Waals surface area contributed by atoms with E-state index in [1.807, 2.05) is 0 Å². The van der Waals surface area contributed by atoms with Gasteiger partial charge in [0.2, 0.25) is 15.9 Å². The molecule has 1 saturated heterocycles. The predicted octanol–water partition coefficient (Wildman–Crippen LogP) is -0.568. The van der Waals surface area contributed by atoms with Crippen molar-refractivity contribution in [2.75, 3.05) is 32.4 Å². The van der Waals surface area contributed by atoms with Gasteiger partial charge >= 0.3 is 0 Å². The molecule has 1 amide bonds. The van der Waals surface area contributed by atoms with E-state index in [1.54, 1.807) is 0 Å². The number of hydrogen-bond donors (Lipinski definition) is 3. The Kier molecular flexibility index (Phi) is 6.59. The molecule has 6 nitrogen and oxygen atoms in total. The van der Waals surface area contributed by atoms with Crippen molar-refractivity contribution < 1.29 is 13.2 Å². The second-order valence-corrected chi connectivity index (χ2v) is 6.65. The van der Waals surface area contributed by atoms with Crippen molar-refractivity contribution in [3.63, 3.8) is 0 Å². The molecule has 3 N–H and O–H groups in total. The molecule has 1 aliphatic heterocycles. The number of nitrogens with one attached hydrogen (secondary N) is 3. The number of carbonyl (C=O) groups is 1. The Hall–Kier alpha value is -0.660.